The molecule has 2 heterocycles. The summed E-state index contributed by atoms with van der Waals surface area (Å²) in [5.74, 6) is -2.76. The molecule has 1 aliphatic heterocycles. The Hall–Kier alpha value is -3.14. The van der Waals surface area contributed by atoms with Gasteiger partial charge in [-0.05, 0) is 30.0 Å². The summed E-state index contributed by atoms with van der Waals surface area (Å²) in [6.07, 6.45) is -0.834. The second-order valence-electron chi connectivity index (χ2n) is 6.63. The fraction of sp³-hybridized carbons (Fsp3) is 0.350. The van der Waals surface area contributed by atoms with Crippen LogP contribution in [0.2, 0.25) is 0 Å². The molecular weight excluding hydrogens is 403 g/mol. The summed E-state index contributed by atoms with van der Waals surface area (Å²) in [6.45, 7) is 1.07. The van der Waals surface area contributed by atoms with E-state index < -0.39 is 18.2 Å². The Labute approximate surface area is 171 Å². The summed E-state index contributed by atoms with van der Waals surface area (Å²) < 4.78 is 31.7. The number of aromatic nitrogens is 1. The number of hydrogen-bond donors (Lipinski definition) is 3. The number of aliphatic hydroxyl groups is 1. The van der Waals surface area contributed by atoms with Crippen LogP contribution in [0.15, 0.2) is 54.9 Å². The number of aliphatic hydroxyl groups excluding tert-OH is 1. The molecule has 2 atom stereocenters. The Balaban J connectivity index is 0.000000396. The van der Waals surface area contributed by atoms with Gasteiger partial charge in [-0.3, -0.25) is 4.98 Å². The van der Waals surface area contributed by atoms with Gasteiger partial charge in [0, 0.05) is 25.5 Å². The number of halogens is 3. The number of aliphatic carboxylic acids is 1. The third-order valence-electron chi connectivity index (χ3n) is 4.47. The second kappa shape index (κ2) is 10.6. The maximum Gasteiger partial charge on any atom is 0.490 e. The molecule has 1 fully saturated rings. The van der Waals surface area contributed by atoms with Crippen molar-refractivity contribution in [1.29, 1.82) is 0 Å². The van der Waals surface area contributed by atoms with Gasteiger partial charge in [-0.25, -0.2) is 9.59 Å². The molecule has 0 radical (unpaired) electrons. The Bertz CT molecular complexity index is 819. The number of carboxylic acids is 1. The minimum Gasteiger partial charge on any atom is -0.475 e. The topological polar surface area (TPSA) is 103 Å². The van der Waals surface area contributed by atoms with Gasteiger partial charge in [0.05, 0.1) is 12.1 Å². The molecular formula is C20H22F3N3O4. The van der Waals surface area contributed by atoms with Crippen LogP contribution in [0.3, 0.4) is 0 Å². The predicted molar refractivity (Wildman–Crippen MR) is 101 cm³/mol. The van der Waals surface area contributed by atoms with Gasteiger partial charge in [0.2, 0.25) is 0 Å². The zero-order chi connectivity index (χ0) is 22.1. The molecule has 2 aromatic rings. The number of carbonyl (C=O) groups excluding carboxylic acids is 1. The Morgan fingerprint density at radius 1 is 1.13 bits per heavy atom. The van der Waals surface area contributed by atoms with Crippen molar-refractivity contribution in [2.75, 3.05) is 6.54 Å². The first-order valence-corrected chi connectivity index (χ1v) is 9.14. The zero-order valence-electron chi connectivity index (χ0n) is 15.9. The molecule has 0 saturated carbocycles. The SMILES string of the molecule is O=C(NCc1ccccc1)N1CC[C@@H](O)[C@@H]1Cc1cccnc1.O=C(O)C(F)(F)F. The lowest BCUT2D eigenvalue weighted by atomic mass is 10.0. The van der Waals surface area contributed by atoms with Gasteiger partial charge in [-0.1, -0.05) is 36.4 Å². The first-order valence-electron chi connectivity index (χ1n) is 9.14. The van der Waals surface area contributed by atoms with Crippen LogP contribution in [0, 0.1) is 0 Å². The number of carboxylic acid groups (broad SMARTS) is 1. The number of nitrogens with one attached hydrogen (secondary N) is 1. The summed E-state index contributed by atoms with van der Waals surface area (Å²) >= 11 is 0. The maximum absolute atomic E-state index is 12.5. The summed E-state index contributed by atoms with van der Waals surface area (Å²) in [7, 11) is 0. The van der Waals surface area contributed by atoms with Gasteiger partial charge in [0.15, 0.2) is 0 Å². The van der Waals surface area contributed by atoms with Crippen molar-refractivity contribution in [2.24, 2.45) is 0 Å². The molecule has 0 aliphatic carbocycles. The van der Waals surface area contributed by atoms with Crippen LogP contribution in [-0.4, -0.2) is 57.0 Å². The number of alkyl halides is 3. The van der Waals surface area contributed by atoms with Crippen molar-refractivity contribution in [1.82, 2.24) is 15.2 Å². The molecule has 1 aromatic heterocycles. The van der Waals surface area contributed by atoms with Crippen LogP contribution in [0.1, 0.15) is 17.5 Å². The highest BCUT2D eigenvalue weighted by atomic mass is 19.4. The number of carbonyl (C=O) groups is 2. The number of pyridine rings is 1. The van der Waals surface area contributed by atoms with Gasteiger partial charge in [-0.2, -0.15) is 13.2 Å². The van der Waals surface area contributed by atoms with Crippen LogP contribution in [-0.2, 0) is 17.8 Å². The molecule has 30 heavy (non-hydrogen) atoms. The standard InChI is InChI=1S/C18H21N3O2.C2HF3O2/c22-17-8-10-21(16(17)11-15-7-4-9-19-12-15)18(23)20-13-14-5-2-1-3-6-14;3-2(4,5)1(6)7/h1-7,9,12,16-17,22H,8,10-11,13H2,(H,20,23);(H,6,7)/t16-,17+;/m0./s1. The van der Waals surface area contributed by atoms with Gasteiger partial charge in [0.1, 0.15) is 0 Å². The minimum absolute atomic E-state index is 0.126. The summed E-state index contributed by atoms with van der Waals surface area (Å²) in [5.41, 5.74) is 2.09. The van der Waals surface area contributed by atoms with Gasteiger partial charge < -0.3 is 20.4 Å². The van der Waals surface area contributed by atoms with E-state index >= 15 is 0 Å². The normalized spacial score (nSPS) is 18.3. The molecule has 0 unspecified atom stereocenters. The third-order valence-corrected chi connectivity index (χ3v) is 4.47. The van der Waals surface area contributed by atoms with Crippen molar-refractivity contribution in [3.8, 4) is 0 Å². The van der Waals surface area contributed by atoms with E-state index in [4.69, 9.17) is 9.90 Å². The number of amides is 2. The van der Waals surface area contributed by atoms with Gasteiger partial charge in [-0.15, -0.1) is 0 Å². The predicted octanol–water partition coefficient (Wildman–Crippen LogP) is 2.60. The molecule has 1 saturated heterocycles. The van der Waals surface area contributed by atoms with E-state index in [-0.39, 0.29) is 12.1 Å². The first-order chi connectivity index (χ1) is 14.2. The van der Waals surface area contributed by atoms with Crippen molar-refractivity contribution in [3.05, 3.63) is 66.0 Å². The highest BCUT2D eigenvalue weighted by Crippen LogP contribution is 2.22. The number of benzene rings is 1. The molecule has 10 heteroatoms. The summed E-state index contributed by atoms with van der Waals surface area (Å²) in [4.78, 5) is 27.2. The Morgan fingerprint density at radius 3 is 2.33 bits per heavy atom. The fourth-order valence-electron chi connectivity index (χ4n) is 2.97. The monoisotopic (exact) mass is 425 g/mol. The summed E-state index contributed by atoms with van der Waals surface area (Å²) in [5, 5.41) is 20.3. The van der Waals surface area contributed by atoms with E-state index in [2.05, 4.69) is 10.3 Å². The lowest BCUT2D eigenvalue weighted by Gasteiger charge is -2.26. The molecule has 7 nitrogen and oxygen atoms in total. The van der Waals surface area contributed by atoms with E-state index in [0.717, 1.165) is 11.1 Å². The van der Waals surface area contributed by atoms with Gasteiger partial charge in [0.25, 0.3) is 0 Å². The maximum atomic E-state index is 12.5. The number of likely N-dealkylation sites (tertiary alicyclic amines) is 1. The molecule has 162 valence electrons. The highest BCUT2D eigenvalue weighted by molar-refractivity contribution is 5.75. The smallest absolute Gasteiger partial charge is 0.475 e. The average Bonchev–Trinajstić information content (AvgIpc) is 3.08. The number of hydrogen-bond acceptors (Lipinski definition) is 4. The van der Waals surface area contributed by atoms with Crippen LogP contribution in [0.25, 0.3) is 0 Å². The van der Waals surface area contributed by atoms with E-state index in [1.54, 1.807) is 17.3 Å². The zero-order valence-corrected chi connectivity index (χ0v) is 15.9. The fourth-order valence-corrected chi connectivity index (χ4v) is 2.97. The largest absolute Gasteiger partial charge is 0.490 e. The van der Waals surface area contributed by atoms with Crippen molar-refractivity contribution in [3.63, 3.8) is 0 Å². The summed E-state index contributed by atoms with van der Waals surface area (Å²) in [6, 6.07) is 13.3. The number of nitrogens with zero attached hydrogens (tertiary/aromatic N) is 2. The van der Waals surface area contributed by atoms with Crippen LogP contribution in [0.4, 0.5) is 18.0 Å². The van der Waals surface area contributed by atoms with Crippen molar-refractivity contribution >= 4 is 12.0 Å². The molecule has 2 amide bonds. The lowest BCUT2D eigenvalue weighted by molar-refractivity contribution is -0.192. The first kappa shape index (κ1) is 23.1. The quantitative estimate of drug-likeness (QED) is 0.699. The lowest BCUT2D eigenvalue weighted by Crippen LogP contribution is -2.46. The average molecular weight is 425 g/mol. The number of rotatable bonds is 4. The Kier molecular flexibility index (Phi) is 8.16. The van der Waals surface area contributed by atoms with Crippen LogP contribution < -0.4 is 5.32 Å². The molecule has 0 spiro atoms. The second-order valence-corrected chi connectivity index (χ2v) is 6.63. The molecule has 0 bridgehead atoms. The number of urea groups is 1. The molecule has 1 aliphatic rings. The Morgan fingerprint density at radius 2 is 1.77 bits per heavy atom. The minimum atomic E-state index is -5.08. The van der Waals surface area contributed by atoms with E-state index in [1.165, 1.54) is 0 Å². The molecule has 3 N–H and O–H groups in total. The highest BCUT2D eigenvalue weighted by Gasteiger charge is 2.38. The van der Waals surface area contributed by atoms with E-state index in [0.29, 0.717) is 25.9 Å². The molecule has 3 rings (SSSR count). The van der Waals surface area contributed by atoms with Crippen LogP contribution in [0.5, 0.6) is 0 Å². The van der Waals surface area contributed by atoms with Gasteiger partial charge >= 0.3 is 18.2 Å². The van der Waals surface area contributed by atoms with Crippen LogP contribution >= 0.6 is 0 Å². The van der Waals surface area contributed by atoms with E-state index in [9.17, 15) is 23.1 Å². The van der Waals surface area contributed by atoms with Crippen molar-refractivity contribution < 1.29 is 33.0 Å². The van der Waals surface area contributed by atoms with E-state index in [1.807, 2.05) is 42.5 Å². The molecule has 1 aromatic carbocycles. The van der Waals surface area contributed by atoms with Crippen molar-refractivity contribution in [2.45, 2.75) is 37.7 Å². The third kappa shape index (κ3) is 7.03.